The Balaban J connectivity index is 0.000000337. The van der Waals surface area contributed by atoms with E-state index in [9.17, 15) is 4.79 Å². The van der Waals surface area contributed by atoms with Gasteiger partial charge in [-0.25, -0.2) is 0 Å². The fraction of sp³-hybridized carbons (Fsp3) is 0. The number of rotatable bonds is 0. The van der Waals surface area contributed by atoms with Crippen LogP contribution in [0.3, 0.4) is 0 Å². The summed E-state index contributed by atoms with van der Waals surface area (Å²) >= 11 is 0. The SMILES string of the molecule is O=c1ccc2ccccc2nn1.O[B]O. The van der Waals surface area contributed by atoms with Gasteiger partial charge in [0.05, 0.1) is 5.52 Å². The van der Waals surface area contributed by atoms with E-state index in [1.807, 2.05) is 24.3 Å². The molecule has 2 aromatic rings. The van der Waals surface area contributed by atoms with Crippen LogP contribution in [0.1, 0.15) is 0 Å². The molecule has 0 spiro atoms. The first-order valence-corrected chi connectivity index (χ1v) is 4.11. The van der Waals surface area contributed by atoms with Crippen molar-refractivity contribution in [2.24, 2.45) is 0 Å². The molecule has 2 N–H and O–H groups in total. The van der Waals surface area contributed by atoms with E-state index in [1.165, 1.54) is 6.07 Å². The maximum Gasteiger partial charge on any atom is 0.482 e. The molecule has 75 valence electrons. The zero-order valence-corrected chi connectivity index (χ0v) is 7.74. The Labute approximate surface area is 86.3 Å². The van der Waals surface area contributed by atoms with Crippen LogP contribution in [0, 0.1) is 0 Å². The third-order valence-electron chi connectivity index (χ3n) is 1.60. The van der Waals surface area contributed by atoms with Crippen molar-refractivity contribution in [2.45, 2.75) is 0 Å². The predicted octanol–water partition coefficient (Wildman–Crippen LogP) is -0.505. The minimum absolute atomic E-state index is 0. The monoisotopic (exact) mass is 203 g/mol. The molecule has 0 unspecified atom stereocenters. The molecule has 0 aliphatic heterocycles. The van der Waals surface area contributed by atoms with E-state index in [4.69, 9.17) is 10.0 Å². The molecule has 0 fully saturated rings. The lowest BCUT2D eigenvalue weighted by Crippen LogP contribution is -1.99. The Bertz CT molecular complexity index is 451. The van der Waals surface area contributed by atoms with Crippen molar-refractivity contribution in [3.05, 3.63) is 46.8 Å². The van der Waals surface area contributed by atoms with Gasteiger partial charge in [-0.05, 0) is 12.1 Å². The summed E-state index contributed by atoms with van der Waals surface area (Å²) in [5, 5.41) is 22.2. The summed E-state index contributed by atoms with van der Waals surface area (Å²) in [6.45, 7) is 0. The van der Waals surface area contributed by atoms with E-state index in [0.29, 0.717) is 0 Å². The molecule has 0 atom stereocenters. The summed E-state index contributed by atoms with van der Waals surface area (Å²) in [6, 6.07) is 10.6. The van der Waals surface area contributed by atoms with E-state index in [-0.39, 0.29) is 13.2 Å². The lowest BCUT2D eigenvalue weighted by atomic mass is 10.2. The van der Waals surface area contributed by atoms with Gasteiger partial charge in [0.15, 0.2) is 0 Å². The van der Waals surface area contributed by atoms with Crippen LogP contribution in [0.2, 0.25) is 0 Å². The summed E-state index contributed by atoms with van der Waals surface area (Å²) in [5.74, 6) is 0. The molecular weight excluding hydrogens is 195 g/mol. The average molecular weight is 203 g/mol. The van der Waals surface area contributed by atoms with Gasteiger partial charge in [0, 0.05) is 11.5 Å². The van der Waals surface area contributed by atoms with Crippen molar-refractivity contribution < 1.29 is 10.0 Å². The third kappa shape index (κ3) is 3.45. The second-order valence-corrected chi connectivity index (χ2v) is 2.55. The second kappa shape index (κ2) is 5.84. The van der Waals surface area contributed by atoms with Crippen molar-refractivity contribution in [2.75, 3.05) is 0 Å². The molecule has 0 saturated heterocycles. The van der Waals surface area contributed by atoms with Crippen molar-refractivity contribution in [1.82, 2.24) is 10.2 Å². The molecule has 0 bridgehead atoms. The number of nitrogens with zero attached hydrogens (tertiary/aromatic N) is 2. The summed E-state index contributed by atoms with van der Waals surface area (Å²) in [5.41, 5.74) is 0.422. The highest BCUT2D eigenvalue weighted by atomic mass is 16.4. The highest BCUT2D eigenvalue weighted by Gasteiger charge is 1.89. The first kappa shape index (κ1) is 11.3. The Morgan fingerprint density at radius 3 is 2.40 bits per heavy atom. The Morgan fingerprint density at radius 1 is 1.00 bits per heavy atom. The van der Waals surface area contributed by atoms with Crippen LogP contribution in [0.15, 0.2) is 41.2 Å². The van der Waals surface area contributed by atoms with Crippen LogP contribution < -0.4 is 5.56 Å². The zero-order valence-electron chi connectivity index (χ0n) is 7.74. The van der Waals surface area contributed by atoms with Crippen LogP contribution in [0.5, 0.6) is 0 Å². The predicted molar refractivity (Wildman–Crippen MR) is 56.0 cm³/mol. The molecule has 0 saturated carbocycles. The van der Waals surface area contributed by atoms with Crippen molar-refractivity contribution >= 4 is 18.6 Å². The Morgan fingerprint density at radius 2 is 1.67 bits per heavy atom. The first-order valence-electron chi connectivity index (χ1n) is 4.11. The molecule has 15 heavy (non-hydrogen) atoms. The van der Waals surface area contributed by atoms with Crippen LogP contribution in [-0.4, -0.2) is 27.9 Å². The standard InChI is InChI=1S/C9H6N2O.BH2O2/c12-9-6-5-7-3-1-2-4-8(7)10-11-9;2-1-3/h1-6H;2-3H. The molecule has 1 aromatic heterocycles. The second-order valence-electron chi connectivity index (χ2n) is 2.55. The fourth-order valence-corrected chi connectivity index (χ4v) is 1.02. The van der Waals surface area contributed by atoms with Gasteiger partial charge in [0.2, 0.25) is 0 Å². The molecule has 0 aliphatic carbocycles. The van der Waals surface area contributed by atoms with Gasteiger partial charge in [0.25, 0.3) is 5.56 Å². The van der Waals surface area contributed by atoms with E-state index in [0.717, 1.165) is 10.9 Å². The molecular formula is C9H8BN2O3. The van der Waals surface area contributed by atoms with Gasteiger partial charge in [-0.1, -0.05) is 18.2 Å². The molecule has 6 heteroatoms. The fourth-order valence-electron chi connectivity index (χ4n) is 1.02. The minimum atomic E-state index is -0.314. The summed E-state index contributed by atoms with van der Waals surface area (Å²) in [4.78, 5) is 10.8. The van der Waals surface area contributed by atoms with Crippen LogP contribution >= 0.6 is 0 Å². The van der Waals surface area contributed by atoms with E-state index in [1.54, 1.807) is 6.07 Å². The molecule has 1 aromatic carbocycles. The molecule has 5 nitrogen and oxygen atoms in total. The normalized spacial score (nSPS) is 8.93. The van der Waals surface area contributed by atoms with Gasteiger partial charge in [0.1, 0.15) is 0 Å². The number of benzene rings is 1. The number of aromatic nitrogens is 2. The summed E-state index contributed by atoms with van der Waals surface area (Å²) in [6.07, 6.45) is 0. The largest absolute Gasteiger partial charge is 0.482 e. The van der Waals surface area contributed by atoms with E-state index >= 15 is 0 Å². The maximum absolute atomic E-state index is 10.8. The highest BCUT2D eigenvalue weighted by molar-refractivity contribution is 6.13. The van der Waals surface area contributed by atoms with Gasteiger partial charge >= 0.3 is 7.69 Å². The highest BCUT2D eigenvalue weighted by Crippen LogP contribution is 2.05. The quantitative estimate of drug-likeness (QED) is 0.563. The summed E-state index contributed by atoms with van der Waals surface area (Å²) in [7, 11) is 0. The van der Waals surface area contributed by atoms with Crippen molar-refractivity contribution in [3.8, 4) is 0 Å². The van der Waals surface area contributed by atoms with Crippen LogP contribution in [0.4, 0.5) is 0 Å². The minimum Gasteiger partial charge on any atom is -0.429 e. The number of fused-ring (bicyclic) bond motifs is 1. The molecule has 1 radical (unpaired) electrons. The Kier molecular flexibility index (Phi) is 4.40. The van der Waals surface area contributed by atoms with Crippen molar-refractivity contribution in [1.29, 1.82) is 0 Å². The van der Waals surface area contributed by atoms with Gasteiger partial charge < -0.3 is 10.0 Å². The molecule has 0 aliphatic rings. The lowest BCUT2D eigenvalue weighted by molar-refractivity contribution is 0.448. The maximum atomic E-state index is 10.8. The molecule has 0 amide bonds. The van der Waals surface area contributed by atoms with Gasteiger partial charge in [-0.3, -0.25) is 4.79 Å². The number of hydrogen-bond acceptors (Lipinski definition) is 5. The number of hydrogen-bond donors (Lipinski definition) is 2. The topological polar surface area (TPSA) is 83.3 Å². The molecule has 2 rings (SSSR count). The lowest BCUT2D eigenvalue weighted by Gasteiger charge is -1.85. The van der Waals surface area contributed by atoms with E-state index < -0.39 is 0 Å². The first-order chi connectivity index (χ1) is 7.27. The Hall–Kier alpha value is -1.79. The smallest absolute Gasteiger partial charge is 0.429 e. The molecule has 1 heterocycles. The third-order valence-corrected chi connectivity index (χ3v) is 1.60. The average Bonchev–Trinajstić information content (AvgIpc) is 2.43. The van der Waals surface area contributed by atoms with Crippen LogP contribution in [0.25, 0.3) is 10.9 Å². The zero-order chi connectivity index (χ0) is 11.1. The van der Waals surface area contributed by atoms with Crippen molar-refractivity contribution in [3.63, 3.8) is 0 Å². The van der Waals surface area contributed by atoms with Gasteiger partial charge in [-0.15, -0.1) is 10.2 Å². The van der Waals surface area contributed by atoms with Crippen LogP contribution in [-0.2, 0) is 0 Å². The summed E-state index contributed by atoms with van der Waals surface area (Å²) < 4.78 is 0. The van der Waals surface area contributed by atoms with Gasteiger partial charge in [-0.2, -0.15) is 0 Å². The van der Waals surface area contributed by atoms with E-state index in [2.05, 4.69) is 10.2 Å².